The molecule has 24 nitrogen and oxygen atoms in total. The quantitative estimate of drug-likeness (QED) is 0.0137. The smallest absolute Gasteiger partial charge is 0.326 e. The predicted molar refractivity (Wildman–Crippen MR) is 281 cm³/mol. The van der Waals surface area contributed by atoms with E-state index in [-0.39, 0.29) is 129 Å². The number of thiol groups is 2. The Labute approximate surface area is 450 Å². The van der Waals surface area contributed by atoms with Crippen molar-refractivity contribution in [1.82, 2.24) is 26.0 Å². The van der Waals surface area contributed by atoms with Crippen molar-refractivity contribution in [3.63, 3.8) is 0 Å². The molecule has 0 aromatic carbocycles. The molecule has 0 aromatic rings. The van der Waals surface area contributed by atoms with Crippen LogP contribution in [0.2, 0.25) is 0 Å². The zero-order valence-corrected chi connectivity index (χ0v) is 45.2. The molecule has 428 valence electrons. The number of carboxylic acids is 3. The van der Waals surface area contributed by atoms with Crippen molar-refractivity contribution in [3.05, 3.63) is 0 Å². The summed E-state index contributed by atoms with van der Waals surface area (Å²) in [6, 6.07) is -4.39. The fraction of sp³-hybridized carbons (Fsp3) is 0.778. The van der Waals surface area contributed by atoms with Crippen molar-refractivity contribution in [2.24, 2.45) is 5.14 Å². The molecular weight excluding hydrogens is 1040 g/mol. The fourth-order valence-corrected chi connectivity index (χ4v) is 6.89. The number of hydrogen-bond acceptors (Lipinski definition) is 19. The van der Waals surface area contributed by atoms with Crippen molar-refractivity contribution in [3.8, 4) is 0 Å². The molecule has 0 bridgehead atoms. The third kappa shape index (κ3) is 58.8. The lowest BCUT2D eigenvalue weighted by molar-refractivity contribution is -0.142. The lowest BCUT2D eigenvalue weighted by Gasteiger charge is -2.15. The summed E-state index contributed by atoms with van der Waals surface area (Å²) >= 11 is 7.98. The summed E-state index contributed by atoms with van der Waals surface area (Å²) in [5.74, 6) is -4.34. The summed E-state index contributed by atoms with van der Waals surface area (Å²) in [7, 11) is 5.16. The summed E-state index contributed by atoms with van der Waals surface area (Å²) < 4.78 is 35.1. The number of hydrogen-bond donors (Lipinski definition) is 12. The van der Waals surface area contributed by atoms with Crippen LogP contribution in [0.4, 0.5) is 4.39 Å². The van der Waals surface area contributed by atoms with Crippen LogP contribution in [0, 0.1) is 0 Å². The third-order valence-electron chi connectivity index (χ3n) is 9.77. The van der Waals surface area contributed by atoms with Gasteiger partial charge in [0.25, 0.3) is 6.47 Å². The van der Waals surface area contributed by atoms with Crippen molar-refractivity contribution < 1.29 is 91.7 Å². The average Bonchev–Trinajstić information content (AvgIpc) is 3.35. The van der Waals surface area contributed by atoms with E-state index in [9.17, 15) is 52.6 Å². The van der Waals surface area contributed by atoms with Gasteiger partial charge in [0.1, 0.15) is 25.3 Å². The van der Waals surface area contributed by atoms with Crippen LogP contribution in [0.25, 0.3) is 0 Å². The summed E-state index contributed by atoms with van der Waals surface area (Å²) in [6.45, 7) is 0.389. The molecule has 11 N–H and O–H groups in total. The van der Waals surface area contributed by atoms with Crippen LogP contribution in [-0.2, 0) is 66.9 Å². The first kappa shape index (κ1) is 76.4. The topological polar surface area (TPSA) is 375 Å². The van der Waals surface area contributed by atoms with E-state index in [1.165, 1.54) is 50.3 Å². The number of carboxylic acid groups (broad SMARTS) is 4. The molecule has 0 rings (SSSR count). The molecule has 2 radical (unpaired) electrons. The fourth-order valence-electron chi connectivity index (χ4n) is 6.03. The van der Waals surface area contributed by atoms with Crippen LogP contribution in [-0.4, -0.2) is 184 Å². The van der Waals surface area contributed by atoms with Gasteiger partial charge in [-0.1, -0.05) is 89.9 Å². The first-order valence-electron chi connectivity index (χ1n) is 24.3. The summed E-state index contributed by atoms with van der Waals surface area (Å²) in [5, 5.41) is 48.0. The predicted octanol–water partition coefficient (Wildman–Crippen LogP) is 2.14. The van der Waals surface area contributed by atoms with Gasteiger partial charge in [-0.05, 0) is 31.9 Å². The number of amides is 4. The van der Waals surface area contributed by atoms with Gasteiger partial charge < -0.3 is 65.4 Å². The second kappa shape index (κ2) is 58.2. The van der Waals surface area contributed by atoms with Crippen molar-refractivity contribution in [2.45, 2.75) is 147 Å². The van der Waals surface area contributed by atoms with Crippen LogP contribution >= 0.6 is 37.4 Å². The van der Waals surface area contributed by atoms with E-state index in [0.717, 1.165) is 44.9 Å². The van der Waals surface area contributed by atoms with Gasteiger partial charge in [-0.25, -0.2) is 4.79 Å². The average molecular weight is 1120 g/mol. The number of rotatable bonds is 47. The standard InChI is InChI=1S/C40H69BN4O15.C4H8FNOS2.CH2O2.H3NS/c41-39(54)31(18-20-38(52)53)44-36(49)30-60-28-26-58-24-22-43-35(48)29-59-27-25-57-23-21-42-33(46)19-17-32(40(55)56)45-34(47)15-13-11-9-7-5-3-1-2-4-6-8-10-12-14-16-37(50)51;1-9-2-3(6-8)4(5)7;2-1-3;1-2/h31-32H,1-30H2,(H,42,46)(H,43,48)(H,44,49)(H,45,47)(H,50,51)(H,52,53)(H,55,56);3,6,8H,2H2,1H3;1H,(H,2,3);2H,1H2/t31?,32-;;;/m0.../s1. The Morgan fingerprint density at radius 3 is 1.35 bits per heavy atom. The molecule has 4 amide bonds. The molecule has 2 unspecified atom stereocenters. The first-order valence-corrected chi connectivity index (χ1v) is 26.6. The van der Waals surface area contributed by atoms with Crippen LogP contribution in [0.15, 0.2) is 0 Å². The SMILES string of the molecule is CSCC(NS)C(=O)F.NS.O=CO.[B]C(=O)C(CCC(=O)O)NC(=O)COCCOCCNC(=O)COCCOCCNC(=O)CC[C@H](NC(=O)CCCCCCCCCCCCCCCCC(=O)O)C(=O)O. The second-order valence-corrected chi connectivity index (χ2v) is 17.0. The maximum atomic E-state index is 12.3. The molecular formula is C45H82BFN6O18S3. The van der Waals surface area contributed by atoms with E-state index in [4.69, 9.17) is 46.9 Å². The molecule has 0 aliphatic rings. The number of halogens is 1. The molecule has 0 saturated carbocycles. The van der Waals surface area contributed by atoms with E-state index in [2.05, 4.69) is 56.8 Å². The zero-order valence-electron chi connectivity index (χ0n) is 42.6. The Balaban J connectivity index is -0.00000153. The number of carbonyl (C=O) groups excluding carboxylic acids is 6. The molecule has 3 atom stereocenters. The Kier molecular flexibility index (Phi) is 60.1. The Hall–Kier alpha value is -4.10. The number of unbranched alkanes of at least 4 members (excludes halogenated alkanes) is 13. The van der Waals surface area contributed by atoms with Gasteiger partial charge in [-0.2, -0.15) is 16.2 Å². The molecule has 0 aliphatic carbocycles. The third-order valence-corrected chi connectivity index (χ3v) is 10.8. The molecule has 0 saturated heterocycles. The minimum Gasteiger partial charge on any atom is -0.483 e. The van der Waals surface area contributed by atoms with Crippen molar-refractivity contribution >= 4 is 105 Å². The normalized spacial score (nSPS) is 11.5. The van der Waals surface area contributed by atoms with Gasteiger partial charge in [0.05, 0.1) is 51.4 Å². The zero-order chi connectivity index (χ0) is 56.6. The number of aliphatic carboxylic acids is 3. The Morgan fingerprint density at radius 2 is 0.959 bits per heavy atom. The van der Waals surface area contributed by atoms with Gasteiger partial charge in [0, 0.05) is 44.5 Å². The Morgan fingerprint density at radius 1 is 0.568 bits per heavy atom. The molecule has 0 heterocycles. The first-order chi connectivity index (χ1) is 35.4. The van der Waals surface area contributed by atoms with Crippen LogP contribution in [0.5, 0.6) is 0 Å². The van der Waals surface area contributed by atoms with Crippen molar-refractivity contribution in [2.75, 3.05) is 78.0 Å². The minimum atomic E-state index is -1.36. The number of nitrogens with two attached hydrogens (primary N) is 1. The van der Waals surface area contributed by atoms with Gasteiger partial charge in [-0.15, -0.1) is 12.8 Å². The number of ether oxygens (including phenoxy) is 4. The Bertz CT molecular complexity index is 1520. The largest absolute Gasteiger partial charge is 0.483 e. The highest BCUT2D eigenvalue weighted by Crippen LogP contribution is 2.14. The lowest BCUT2D eigenvalue weighted by atomic mass is 9.92. The maximum Gasteiger partial charge on any atom is 0.326 e. The minimum absolute atomic E-state index is 0.0435. The summed E-state index contributed by atoms with van der Waals surface area (Å²) in [6.07, 6.45) is 16.6. The van der Waals surface area contributed by atoms with Gasteiger partial charge in [0.2, 0.25) is 23.6 Å². The van der Waals surface area contributed by atoms with Crippen LogP contribution in [0.1, 0.15) is 128 Å². The van der Waals surface area contributed by atoms with E-state index in [1.807, 2.05) is 0 Å². The molecule has 0 spiro atoms. The monoisotopic (exact) mass is 1120 g/mol. The van der Waals surface area contributed by atoms with E-state index < -0.39 is 53.7 Å². The van der Waals surface area contributed by atoms with E-state index >= 15 is 0 Å². The highest BCUT2D eigenvalue weighted by molar-refractivity contribution is 7.98. The highest BCUT2D eigenvalue weighted by atomic mass is 32.2. The summed E-state index contributed by atoms with van der Waals surface area (Å²) in [5.41, 5.74) is -0.849. The van der Waals surface area contributed by atoms with Crippen LogP contribution in [0.3, 0.4) is 0 Å². The molecule has 74 heavy (non-hydrogen) atoms. The van der Waals surface area contributed by atoms with Gasteiger partial charge in [-0.3, -0.25) is 48.2 Å². The van der Waals surface area contributed by atoms with Crippen molar-refractivity contribution in [1.29, 1.82) is 0 Å². The molecule has 0 fully saturated rings. The lowest BCUT2D eigenvalue weighted by Crippen LogP contribution is -2.43. The number of nitrogens with one attached hydrogen (secondary N) is 5. The van der Waals surface area contributed by atoms with Gasteiger partial charge in [0.15, 0.2) is 7.85 Å². The highest BCUT2D eigenvalue weighted by Gasteiger charge is 2.21. The summed E-state index contributed by atoms with van der Waals surface area (Å²) in [4.78, 5) is 111. The number of thioether (sulfide) groups is 1. The molecule has 29 heteroatoms. The van der Waals surface area contributed by atoms with E-state index in [0.29, 0.717) is 12.2 Å². The molecule has 0 aromatic heterocycles. The van der Waals surface area contributed by atoms with Crippen LogP contribution < -0.4 is 31.1 Å². The second-order valence-electron chi connectivity index (χ2n) is 15.9. The van der Waals surface area contributed by atoms with E-state index in [1.54, 1.807) is 6.26 Å². The maximum absolute atomic E-state index is 12.3. The molecule has 0 aliphatic heterocycles. The number of carbonyl (C=O) groups is 10. The van der Waals surface area contributed by atoms with Gasteiger partial charge >= 0.3 is 23.9 Å².